The number of benzene rings is 2. The molecule has 1 unspecified atom stereocenters. The molecule has 11 heteroatoms. The highest BCUT2D eigenvalue weighted by Crippen LogP contribution is 2.29. The van der Waals surface area contributed by atoms with Crippen LogP contribution in [0.25, 0.3) is 0 Å². The average molecular weight is 488 g/mol. The lowest BCUT2D eigenvalue weighted by molar-refractivity contribution is -0.527. The summed E-state index contributed by atoms with van der Waals surface area (Å²) in [7, 11) is 3.02. The summed E-state index contributed by atoms with van der Waals surface area (Å²) in [5.74, 6) is -0.0230. The molecule has 0 bridgehead atoms. The van der Waals surface area contributed by atoms with E-state index in [1.807, 2.05) is 0 Å². The fourth-order valence-electron chi connectivity index (χ4n) is 4.07. The fourth-order valence-corrected chi connectivity index (χ4v) is 4.58. The second-order valence-corrected chi connectivity index (χ2v) is 8.67. The second kappa shape index (κ2) is 7.93. The topological polar surface area (TPSA) is 71.6 Å². The van der Waals surface area contributed by atoms with Gasteiger partial charge in [0.15, 0.2) is 0 Å². The van der Waals surface area contributed by atoms with Crippen LogP contribution in [-0.2, 0) is 11.3 Å². The van der Waals surface area contributed by atoms with Gasteiger partial charge < -0.3 is 0 Å². The Hall–Kier alpha value is -3.30. The highest BCUT2D eigenvalue weighted by Gasteiger charge is 2.54. The molecule has 168 valence electrons. The average Bonchev–Trinajstić information content (AvgIpc) is 3.19. The number of hydrogen-bond donors (Lipinski definition) is 0. The summed E-state index contributed by atoms with van der Waals surface area (Å²) in [6.07, 6.45) is 0. The van der Waals surface area contributed by atoms with Crippen LogP contribution >= 0.6 is 23.2 Å². The largest absolute Gasteiger partial charge is 0.417 e. The van der Waals surface area contributed by atoms with Crippen LogP contribution in [-0.4, -0.2) is 75.5 Å². The first kappa shape index (κ1) is 21.5. The minimum atomic E-state index is -0.789. The molecule has 33 heavy (non-hydrogen) atoms. The van der Waals surface area contributed by atoms with Gasteiger partial charge in [0.2, 0.25) is 11.9 Å². The molecule has 0 aromatic heterocycles. The number of halogens is 3. The zero-order valence-corrected chi connectivity index (χ0v) is 19.2. The lowest BCUT2D eigenvalue weighted by Crippen LogP contribution is -2.62. The number of nitrogens with zero attached hydrogens (tertiary/aromatic N) is 6. The van der Waals surface area contributed by atoms with Crippen LogP contribution in [0, 0.1) is 5.82 Å². The molecule has 1 saturated heterocycles. The van der Waals surface area contributed by atoms with Crippen LogP contribution in [0.2, 0.25) is 10.0 Å². The van der Waals surface area contributed by atoms with Crippen LogP contribution < -0.4 is 0 Å². The maximum absolute atomic E-state index is 13.5. The first-order valence-corrected chi connectivity index (χ1v) is 10.8. The molecule has 3 amide bonds. The van der Waals surface area contributed by atoms with Gasteiger partial charge in [0.1, 0.15) is 24.6 Å². The molecule has 1 fully saturated rings. The number of likely N-dealkylation sites (N-methyl/N-ethyl adjacent to an activating group) is 2. The first-order valence-electron chi connectivity index (χ1n) is 10.1. The molecule has 3 heterocycles. The molecule has 0 N–H and O–H groups in total. The van der Waals surface area contributed by atoms with Crippen molar-refractivity contribution in [2.75, 3.05) is 20.6 Å². The summed E-state index contributed by atoms with van der Waals surface area (Å²) in [6, 6.07) is 9.91. The van der Waals surface area contributed by atoms with Crippen molar-refractivity contribution in [1.29, 1.82) is 0 Å². The molecular weight excluding hydrogens is 470 g/mol. The predicted octanol–water partition coefficient (Wildman–Crippen LogP) is 3.03. The summed E-state index contributed by atoms with van der Waals surface area (Å²) in [6.45, 7) is 0.424. The quantitative estimate of drug-likeness (QED) is 0.624. The number of rotatable bonds is 3. The molecule has 0 radical (unpaired) electrons. The smallest absolute Gasteiger partial charge is 0.270 e. The van der Waals surface area contributed by atoms with E-state index in [0.29, 0.717) is 38.7 Å². The molecular formula is C22H18Cl2FN6O2+. The van der Waals surface area contributed by atoms with E-state index in [-0.39, 0.29) is 24.8 Å². The van der Waals surface area contributed by atoms with Crippen molar-refractivity contribution >= 4 is 52.6 Å². The van der Waals surface area contributed by atoms with Gasteiger partial charge in [0.05, 0.1) is 0 Å². The van der Waals surface area contributed by atoms with Crippen LogP contribution in [0.1, 0.15) is 11.1 Å². The van der Waals surface area contributed by atoms with Crippen molar-refractivity contribution in [3.8, 4) is 0 Å². The number of carbonyl (C=O) groups is 2. The van der Waals surface area contributed by atoms with Gasteiger partial charge in [-0.05, 0) is 24.3 Å². The highest BCUT2D eigenvalue weighted by atomic mass is 35.5. The number of fused-ring (bicyclic) bond motifs is 2. The van der Waals surface area contributed by atoms with Gasteiger partial charge in [-0.25, -0.2) is 13.8 Å². The summed E-state index contributed by atoms with van der Waals surface area (Å²) in [5, 5.41) is 7.27. The van der Waals surface area contributed by atoms with E-state index >= 15 is 0 Å². The molecule has 0 saturated carbocycles. The summed E-state index contributed by atoms with van der Waals surface area (Å²) >= 11 is 12.8. The standard InChI is InChI=1S/C22H18Cl2FN6O2/c1-28-19-18(20(32)29(2)22(28)33)30-11-17(12-6-8-13(25)9-7-12)27-31(21(30)26-19)10-14-15(23)4-3-5-16(14)24/h3-9,18H,10-11H2,1-2H3/q+1. The number of amidine groups is 1. The summed E-state index contributed by atoms with van der Waals surface area (Å²) in [4.78, 5) is 32.6. The van der Waals surface area contributed by atoms with Crippen LogP contribution in [0.5, 0.6) is 0 Å². The number of guanidine groups is 1. The zero-order chi connectivity index (χ0) is 23.4. The Labute approximate surface area is 198 Å². The molecule has 2 aromatic rings. The molecule has 0 spiro atoms. The molecule has 3 aliphatic heterocycles. The van der Waals surface area contributed by atoms with Crippen molar-refractivity contribution in [2.24, 2.45) is 10.1 Å². The Balaban J connectivity index is 1.62. The van der Waals surface area contributed by atoms with E-state index in [0.717, 1.165) is 4.90 Å². The van der Waals surface area contributed by atoms with E-state index in [2.05, 4.69) is 4.99 Å². The maximum atomic E-state index is 13.5. The summed E-state index contributed by atoms with van der Waals surface area (Å²) in [5.41, 5.74) is 1.94. The van der Waals surface area contributed by atoms with Crippen molar-refractivity contribution in [1.82, 2.24) is 14.8 Å². The number of aliphatic imine (C=N–C) groups is 1. The highest BCUT2D eigenvalue weighted by molar-refractivity contribution is 6.36. The second-order valence-electron chi connectivity index (χ2n) is 7.85. The van der Waals surface area contributed by atoms with E-state index in [1.165, 1.54) is 24.1 Å². The van der Waals surface area contributed by atoms with E-state index in [1.54, 1.807) is 47.0 Å². The van der Waals surface area contributed by atoms with Crippen molar-refractivity contribution < 1.29 is 18.6 Å². The van der Waals surface area contributed by atoms with Crippen LogP contribution in [0.4, 0.5) is 9.18 Å². The van der Waals surface area contributed by atoms with E-state index in [4.69, 9.17) is 28.3 Å². The number of urea groups is 1. The lowest BCUT2D eigenvalue weighted by Gasteiger charge is -2.32. The van der Waals surface area contributed by atoms with Crippen molar-refractivity contribution in [3.63, 3.8) is 0 Å². The Morgan fingerprint density at radius 2 is 1.73 bits per heavy atom. The molecule has 2 aromatic carbocycles. The van der Waals surface area contributed by atoms with Crippen molar-refractivity contribution in [2.45, 2.75) is 12.6 Å². The van der Waals surface area contributed by atoms with Gasteiger partial charge >= 0.3 is 12.0 Å². The normalized spacial score (nSPS) is 20.2. The zero-order valence-electron chi connectivity index (χ0n) is 17.7. The van der Waals surface area contributed by atoms with E-state index in [9.17, 15) is 14.0 Å². The van der Waals surface area contributed by atoms with Gasteiger partial charge in [-0.3, -0.25) is 14.6 Å². The number of hydrogen-bond acceptors (Lipinski definition) is 5. The number of imide groups is 1. The van der Waals surface area contributed by atoms with Crippen LogP contribution in [0.15, 0.2) is 52.6 Å². The number of carbonyl (C=O) groups excluding carboxylic acids is 2. The first-order chi connectivity index (χ1) is 15.8. The third kappa shape index (κ3) is 3.48. The van der Waals surface area contributed by atoms with Gasteiger partial charge in [-0.15, -0.1) is 10.1 Å². The number of hydrazone groups is 1. The predicted molar refractivity (Wildman–Crippen MR) is 122 cm³/mol. The molecule has 8 nitrogen and oxygen atoms in total. The monoisotopic (exact) mass is 487 g/mol. The Morgan fingerprint density at radius 1 is 1.06 bits per heavy atom. The SMILES string of the molecule is CN1C(=O)C2C(=NC3=[N+]2CC(c2ccc(F)cc2)=NN3Cc2c(Cl)cccc2Cl)N(C)C1=O. The summed E-state index contributed by atoms with van der Waals surface area (Å²) < 4.78 is 15.3. The molecule has 1 atom stereocenters. The van der Waals surface area contributed by atoms with Gasteiger partial charge in [-0.2, -0.15) is 0 Å². The third-order valence-corrected chi connectivity index (χ3v) is 6.56. The maximum Gasteiger partial charge on any atom is 0.417 e. The minimum absolute atomic E-state index is 0.181. The van der Waals surface area contributed by atoms with Gasteiger partial charge in [0.25, 0.3) is 5.91 Å². The lowest BCUT2D eigenvalue weighted by atomic mass is 10.1. The van der Waals surface area contributed by atoms with Crippen molar-refractivity contribution in [3.05, 3.63) is 69.5 Å². The van der Waals surface area contributed by atoms with Crippen LogP contribution in [0.3, 0.4) is 0 Å². The molecule has 3 aliphatic rings. The minimum Gasteiger partial charge on any atom is -0.270 e. The molecule has 5 rings (SSSR count). The van der Waals surface area contributed by atoms with Gasteiger partial charge in [0, 0.05) is 35.3 Å². The molecule has 0 aliphatic carbocycles. The Kier molecular flexibility index (Phi) is 5.18. The third-order valence-electron chi connectivity index (χ3n) is 5.85. The Bertz CT molecular complexity index is 1270. The fraction of sp³-hybridized carbons (Fsp3) is 0.227. The van der Waals surface area contributed by atoms with Gasteiger partial charge in [-0.1, -0.05) is 46.4 Å². The Morgan fingerprint density at radius 3 is 2.39 bits per heavy atom. The number of amides is 3. The van der Waals surface area contributed by atoms with E-state index < -0.39 is 12.1 Å².